The van der Waals surface area contributed by atoms with Crippen molar-refractivity contribution in [3.05, 3.63) is 66.0 Å². The lowest BCUT2D eigenvalue weighted by atomic mass is 10.0. The molecule has 2 aromatic carbocycles. The Hall–Kier alpha value is -3.25. The maximum absolute atomic E-state index is 5.80. The average molecular weight is 430 g/mol. The number of aromatic amines is 1. The van der Waals surface area contributed by atoms with Gasteiger partial charge in [0, 0.05) is 59.7 Å². The molecule has 6 nitrogen and oxygen atoms in total. The molecule has 0 amide bonds. The van der Waals surface area contributed by atoms with Crippen LogP contribution in [0.3, 0.4) is 0 Å². The molecule has 3 heterocycles. The summed E-state index contributed by atoms with van der Waals surface area (Å²) >= 11 is 0. The van der Waals surface area contributed by atoms with E-state index in [-0.39, 0.29) is 0 Å². The Labute approximate surface area is 189 Å². The van der Waals surface area contributed by atoms with Gasteiger partial charge in [-0.05, 0) is 50.6 Å². The average Bonchev–Trinajstić information content (AvgIpc) is 3.27. The third-order valence-electron chi connectivity index (χ3n) is 6.69. The van der Waals surface area contributed by atoms with E-state index in [2.05, 4.69) is 88.9 Å². The molecule has 0 bridgehead atoms. The predicted octanol–water partition coefficient (Wildman–Crippen LogP) is 4.54. The zero-order valence-electron chi connectivity index (χ0n) is 19.1. The summed E-state index contributed by atoms with van der Waals surface area (Å²) in [5, 5.41) is 4.60. The monoisotopic (exact) mass is 429 g/mol. The molecule has 1 aromatic heterocycles. The number of aromatic nitrogens is 1. The van der Waals surface area contributed by atoms with Gasteiger partial charge in [0.05, 0.1) is 18.5 Å². The second-order valence-corrected chi connectivity index (χ2v) is 8.58. The van der Waals surface area contributed by atoms with Gasteiger partial charge in [0.1, 0.15) is 12.4 Å². The van der Waals surface area contributed by atoms with Crippen molar-refractivity contribution in [1.82, 2.24) is 10.3 Å². The van der Waals surface area contributed by atoms with Crippen LogP contribution in [0.2, 0.25) is 0 Å². The molecule has 1 fully saturated rings. The van der Waals surface area contributed by atoms with Crippen LogP contribution < -0.4 is 19.9 Å². The minimum Gasteiger partial charge on any atom is -0.494 e. The molecule has 0 unspecified atom stereocenters. The number of anilines is 2. The molecule has 0 atom stereocenters. The minimum absolute atomic E-state index is 0.565. The van der Waals surface area contributed by atoms with E-state index in [1.54, 1.807) is 7.11 Å². The van der Waals surface area contributed by atoms with E-state index in [1.165, 1.54) is 23.9 Å². The van der Waals surface area contributed by atoms with Crippen LogP contribution in [0.1, 0.15) is 25.3 Å². The summed E-state index contributed by atoms with van der Waals surface area (Å²) in [6.07, 6.45) is 6.57. The molecule has 0 saturated carbocycles. The number of benzene rings is 2. The largest absolute Gasteiger partial charge is 0.494 e. The Morgan fingerprint density at radius 2 is 1.94 bits per heavy atom. The van der Waals surface area contributed by atoms with E-state index in [4.69, 9.17) is 9.73 Å². The first-order valence-electron chi connectivity index (χ1n) is 11.3. The Morgan fingerprint density at radius 1 is 1.12 bits per heavy atom. The van der Waals surface area contributed by atoms with Gasteiger partial charge in [-0.25, -0.2) is 0 Å². The number of para-hydroxylation sites is 1. The van der Waals surface area contributed by atoms with Gasteiger partial charge >= 0.3 is 0 Å². The number of H-pyrrole nitrogens is 1. The van der Waals surface area contributed by atoms with Gasteiger partial charge in [-0.2, -0.15) is 0 Å². The van der Waals surface area contributed by atoms with Gasteiger partial charge < -0.3 is 24.8 Å². The second kappa shape index (κ2) is 8.71. The number of rotatable bonds is 5. The van der Waals surface area contributed by atoms with Crippen LogP contribution in [0.25, 0.3) is 10.9 Å². The van der Waals surface area contributed by atoms with E-state index >= 15 is 0 Å². The van der Waals surface area contributed by atoms with Crippen molar-refractivity contribution in [2.75, 3.05) is 43.7 Å². The Bertz CT molecular complexity index is 1170. The first-order chi connectivity index (χ1) is 15.7. The lowest BCUT2D eigenvalue weighted by molar-refractivity contribution is 0.414. The summed E-state index contributed by atoms with van der Waals surface area (Å²) < 4.78 is 5.80. The van der Waals surface area contributed by atoms with E-state index in [0.717, 1.165) is 46.9 Å². The first-order valence-corrected chi connectivity index (χ1v) is 11.3. The lowest BCUT2D eigenvalue weighted by Crippen LogP contribution is -2.41. The smallest absolute Gasteiger partial charge is 0.144 e. The highest BCUT2D eigenvalue weighted by atomic mass is 16.5. The summed E-state index contributed by atoms with van der Waals surface area (Å²) in [6, 6.07) is 15.5. The summed E-state index contributed by atoms with van der Waals surface area (Å²) in [5.41, 5.74) is 6.74. The molecule has 0 radical (unpaired) electrons. The summed E-state index contributed by atoms with van der Waals surface area (Å²) in [7, 11) is 3.80. The van der Waals surface area contributed by atoms with Crippen LogP contribution in [0, 0.1) is 0 Å². The fourth-order valence-electron chi connectivity index (χ4n) is 4.84. The predicted molar refractivity (Wildman–Crippen MR) is 133 cm³/mol. The van der Waals surface area contributed by atoms with Crippen molar-refractivity contribution in [3.8, 4) is 5.75 Å². The van der Waals surface area contributed by atoms with Crippen LogP contribution in [0.4, 0.5) is 11.4 Å². The van der Waals surface area contributed by atoms with Crippen molar-refractivity contribution in [3.63, 3.8) is 0 Å². The number of fused-ring (bicyclic) bond motifs is 1. The molecular weight excluding hydrogens is 398 g/mol. The first kappa shape index (κ1) is 20.6. The van der Waals surface area contributed by atoms with Crippen molar-refractivity contribution >= 4 is 28.0 Å². The SMILES string of the molecule is CNC1CCN(c2ccc(N3C=C(C)C(c4c[nH]c5ccccc45)=NC3)c(OC)c2)CC1. The molecule has 2 aliphatic rings. The minimum atomic E-state index is 0.565. The van der Waals surface area contributed by atoms with Crippen molar-refractivity contribution in [2.24, 2.45) is 4.99 Å². The van der Waals surface area contributed by atoms with Crippen LogP contribution in [0.5, 0.6) is 5.75 Å². The molecule has 2 aliphatic heterocycles. The maximum Gasteiger partial charge on any atom is 0.144 e. The molecule has 3 aromatic rings. The molecule has 0 aliphatic carbocycles. The van der Waals surface area contributed by atoms with Crippen LogP contribution in [-0.4, -0.2) is 50.7 Å². The number of methoxy groups -OCH3 is 1. The van der Waals surface area contributed by atoms with Gasteiger partial charge in [-0.3, -0.25) is 4.99 Å². The van der Waals surface area contributed by atoms with E-state index in [0.29, 0.717) is 12.7 Å². The lowest BCUT2D eigenvalue weighted by Gasteiger charge is -2.34. The topological polar surface area (TPSA) is 55.9 Å². The number of piperidine rings is 1. The zero-order chi connectivity index (χ0) is 22.1. The Morgan fingerprint density at radius 3 is 2.69 bits per heavy atom. The summed E-state index contributed by atoms with van der Waals surface area (Å²) in [6.45, 7) is 4.82. The van der Waals surface area contributed by atoms with E-state index < -0.39 is 0 Å². The molecule has 32 heavy (non-hydrogen) atoms. The van der Waals surface area contributed by atoms with Gasteiger partial charge in [0.2, 0.25) is 0 Å². The van der Waals surface area contributed by atoms with Gasteiger partial charge in [0.25, 0.3) is 0 Å². The maximum atomic E-state index is 5.80. The molecule has 6 heteroatoms. The number of nitrogens with zero attached hydrogens (tertiary/aromatic N) is 3. The van der Waals surface area contributed by atoms with Gasteiger partial charge in [0.15, 0.2) is 0 Å². The van der Waals surface area contributed by atoms with Crippen LogP contribution >= 0.6 is 0 Å². The molecule has 1 saturated heterocycles. The summed E-state index contributed by atoms with van der Waals surface area (Å²) in [4.78, 5) is 12.9. The fraction of sp³-hybridized carbons (Fsp3) is 0.346. The molecule has 5 rings (SSSR count). The standard InChI is InChI=1S/C26H31N5O/c1-18-16-31(17-29-26(18)22-15-28-23-7-5-4-6-21(22)23)24-9-8-20(14-25(24)32-3)30-12-10-19(27-2)11-13-30/h4-9,14-16,19,27-28H,10-13,17H2,1-3H3. The normalized spacial score (nSPS) is 17.5. The quantitative estimate of drug-likeness (QED) is 0.625. The van der Waals surface area contributed by atoms with E-state index in [9.17, 15) is 0 Å². The Balaban J connectivity index is 1.38. The highest BCUT2D eigenvalue weighted by Crippen LogP contribution is 2.35. The van der Waals surface area contributed by atoms with Crippen LogP contribution in [0.15, 0.2) is 65.4 Å². The highest BCUT2D eigenvalue weighted by Gasteiger charge is 2.22. The van der Waals surface area contributed by atoms with Crippen molar-refractivity contribution in [2.45, 2.75) is 25.8 Å². The number of nitrogens with one attached hydrogen (secondary N) is 2. The molecule has 0 spiro atoms. The Kier molecular flexibility index (Phi) is 5.62. The fourth-order valence-corrected chi connectivity index (χ4v) is 4.84. The van der Waals surface area contributed by atoms with Crippen LogP contribution in [-0.2, 0) is 0 Å². The number of allylic oxidation sites excluding steroid dienone is 1. The van der Waals surface area contributed by atoms with E-state index in [1.807, 2.05) is 0 Å². The highest BCUT2D eigenvalue weighted by molar-refractivity contribution is 6.19. The van der Waals surface area contributed by atoms with Gasteiger partial charge in [-0.15, -0.1) is 0 Å². The number of hydrogen-bond acceptors (Lipinski definition) is 5. The molecule has 166 valence electrons. The molecular formula is C26H31N5O. The van der Waals surface area contributed by atoms with Gasteiger partial charge in [-0.1, -0.05) is 18.2 Å². The number of hydrogen-bond donors (Lipinski definition) is 2. The molecule has 2 N–H and O–H groups in total. The third kappa shape index (κ3) is 3.75. The van der Waals surface area contributed by atoms with Crippen molar-refractivity contribution < 1.29 is 4.74 Å². The van der Waals surface area contributed by atoms with Crippen molar-refractivity contribution in [1.29, 1.82) is 0 Å². The number of ether oxygens (including phenoxy) is 1. The third-order valence-corrected chi connectivity index (χ3v) is 6.69. The zero-order valence-corrected chi connectivity index (χ0v) is 19.1. The number of aliphatic imine (C=N–C) groups is 1. The second-order valence-electron chi connectivity index (χ2n) is 8.58. The summed E-state index contributed by atoms with van der Waals surface area (Å²) in [5.74, 6) is 0.882.